The molecule has 0 aliphatic heterocycles. The summed E-state index contributed by atoms with van der Waals surface area (Å²) >= 11 is 0. The summed E-state index contributed by atoms with van der Waals surface area (Å²) in [5, 5.41) is 0. The molecule has 0 spiro atoms. The average molecular weight is 341 g/mol. The van der Waals surface area contributed by atoms with Crippen molar-refractivity contribution in [3.8, 4) is 23.7 Å². The standard InChI is InChI=1S/C26H28/c1-3-5-17-25(21-19-23-13-9-7-10-14-23)26(18-6-4-2)22-20-24-15-11-8-12-16-24/h7-16H,3-6,17-18H2,1-2H3/b26-25+. The van der Waals surface area contributed by atoms with Crippen LogP contribution in [0.15, 0.2) is 71.8 Å². The summed E-state index contributed by atoms with van der Waals surface area (Å²) in [6, 6.07) is 20.4. The molecule has 0 bridgehead atoms. The molecule has 0 amide bonds. The molecule has 0 heterocycles. The van der Waals surface area contributed by atoms with Crippen molar-refractivity contribution in [3.05, 3.63) is 82.9 Å². The summed E-state index contributed by atoms with van der Waals surface area (Å²) in [6.07, 6.45) is 6.67. The largest absolute Gasteiger partial charge is 0.0654 e. The molecule has 0 nitrogen and oxygen atoms in total. The van der Waals surface area contributed by atoms with E-state index in [0.717, 1.165) is 36.8 Å². The Morgan fingerprint density at radius 3 is 1.35 bits per heavy atom. The van der Waals surface area contributed by atoms with E-state index in [1.807, 2.05) is 36.4 Å². The molecule has 0 heteroatoms. The summed E-state index contributed by atoms with van der Waals surface area (Å²) in [5.41, 5.74) is 4.56. The van der Waals surface area contributed by atoms with Gasteiger partial charge in [-0.1, -0.05) is 86.8 Å². The van der Waals surface area contributed by atoms with E-state index >= 15 is 0 Å². The first-order chi connectivity index (χ1) is 12.8. The molecular formula is C26H28. The smallest absolute Gasteiger partial charge is 0.0248 e. The van der Waals surface area contributed by atoms with Crippen LogP contribution in [0, 0.1) is 23.7 Å². The molecule has 0 saturated heterocycles. The highest BCUT2D eigenvalue weighted by atomic mass is 14.1. The van der Waals surface area contributed by atoms with E-state index in [2.05, 4.69) is 61.8 Å². The first-order valence-corrected chi connectivity index (χ1v) is 9.69. The van der Waals surface area contributed by atoms with Crippen molar-refractivity contribution in [2.75, 3.05) is 0 Å². The number of benzene rings is 2. The van der Waals surface area contributed by atoms with E-state index in [1.165, 1.54) is 24.0 Å². The molecule has 0 radical (unpaired) electrons. The second-order valence-corrected chi connectivity index (χ2v) is 6.40. The monoisotopic (exact) mass is 340 g/mol. The fourth-order valence-corrected chi connectivity index (χ4v) is 2.62. The molecule has 0 N–H and O–H groups in total. The minimum absolute atomic E-state index is 1.01. The number of hydrogen-bond donors (Lipinski definition) is 0. The number of rotatable bonds is 6. The molecule has 2 aromatic rings. The molecule has 132 valence electrons. The first kappa shape index (κ1) is 19.6. The van der Waals surface area contributed by atoms with E-state index < -0.39 is 0 Å². The molecule has 2 aromatic carbocycles. The van der Waals surface area contributed by atoms with Gasteiger partial charge in [0.25, 0.3) is 0 Å². The zero-order valence-corrected chi connectivity index (χ0v) is 16.0. The predicted octanol–water partition coefficient (Wildman–Crippen LogP) is 6.77. The Hall–Kier alpha value is -2.70. The van der Waals surface area contributed by atoms with Crippen LogP contribution in [0.5, 0.6) is 0 Å². The van der Waals surface area contributed by atoms with E-state index in [0.29, 0.717) is 0 Å². The van der Waals surface area contributed by atoms with Crippen LogP contribution in [0.1, 0.15) is 63.5 Å². The van der Waals surface area contributed by atoms with Gasteiger partial charge in [-0.25, -0.2) is 0 Å². The number of unbranched alkanes of at least 4 members (excludes halogenated alkanes) is 2. The van der Waals surface area contributed by atoms with Crippen LogP contribution in [-0.2, 0) is 0 Å². The van der Waals surface area contributed by atoms with Gasteiger partial charge in [-0.15, -0.1) is 0 Å². The van der Waals surface area contributed by atoms with Crippen molar-refractivity contribution in [3.63, 3.8) is 0 Å². The summed E-state index contributed by atoms with van der Waals surface area (Å²) in [7, 11) is 0. The van der Waals surface area contributed by atoms with Gasteiger partial charge in [0.2, 0.25) is 0 Å². The van der Waals surface area contributed by atoms with Crippen LogP contribution in [0.4, 0.5) is 0 Å². The molecule has 0 aliphatic carbocycles. The third-order valence-electron chi connectivity index (χ3n) is 4.19. The maximum Gasteiger partial charge on any atom is 0.0248 e. The molecule has 26 heavy (non-hydrogen) atoms. The Balaban J connectivity index is 2.38. The molecule has 0 saturated carbocycles. The third kappa shape index (κ3) is 7.04. The molecule has 0 aromatic heterocycles. The van der Waals surface area contributed by atoms with Crippen molar-refractivity contribution >= 4 is 0 Å². The van der Waals surface area contributed by atoms with Gasteiger partial charge in [0.05, 0.1) is 0 Å². The van der Waals surface area contributed by atoms with Gasteiger partial charge in [-0.2, -0.15) is 0 Å². The molecule has 2 rings (SSSR count). The first-order valence-electron chi connectivity index (χ1n) is 9.69. The lowest BCUT2D eigenvalue weighted by Gasteiger charge is -2.05. The van der Waals surface area contributed by atoms with Gasteiger partial charge < -0.3 is 0 Å². The minimum atomic E-state index is 1.01. The maximum absolute atomic E-state index is 3.44. The Labute approximate surface area is 159 Å². The van der Waals surface area contributed by atoms with Crippen LogP contribution >= 0.6 is 0 Å². The van der Waals surface area contributed by atoms with Gasteiger partial charge in [0, 0.05) is 22.3 Å². The lowest BCUT2D eigenvalue weighted by Crippen LogP contribution is -1.91. The Kier molecular flexibility index (Phi) is 8.89. The zero-order chi connectivity index (χ0) is 18.5. The summed E-state index contributed by atoms with van der Waals surface area (Å²) in [6.45, 7) is 4.45. The van der Waals surface area contributed by atoms with Crippen molar-refractivity contribution in [2.45, 2.75) is 52.4 Å². The van der Waals surface area contributed by atoms with Crippen molar-refractivity contribution < 1.29 is 0 Å². The SMILES string of the molecule is CCCC/C(C#Cc1ccccc1)=C(\C#Cc1ccccc1)CCCC. The Morgan fingerprint density at radius 2 is 1.00 bits per heavy atom. The molecule has 0 unspecified atom stereocenters. The van der Waals surface area contributed by atoms with Crippen LogP contribution in [-0.4, -0.2) is 0 Å². The third-order valence-corrected chi connectivity index (χ3v) is 4.19. The lowest BCUT2D eigenvalue weighted by molar-refractivity contribution is 0.769. The van der Waals surface area contributed by atoms with Gasteiger partial charge in [0.1, 0.15) is 0 Å². The normalized spacial score (nSPS) is 10.8. The highest BCUT2D eigenvalue weighted by Gasteiger charge is 2.03. The summed E-state index contributed by atoms with van der Waals surface area (Å²) < 4.78 is 0. The van der Waals surface area contributed by atoms with Crippen molar-refractivity contribution in [1.29, 1.82) is 0 Å². The molecule has 0 atom stereocenters. The topological polar surface area (TPSA) is 0 Å². The Bertz CT molecular complexity index is 731. The fourth-order valence-electron chi connectivity index (χ4n) is 2.62. The maximum atomic E-state index is 3.44. The number of hydrogen-bond acceptors (Lipinski definition) is 0. The van der Waals surface area contributed by atoms with Crippen LogP contribution < -0.4 is 0 Å². The van der Waals surface area contributed by atoms with Crippen molar-refractivity contribution in [1.82, 2.24) is 0 Å². The van der Waals surface area contributed by atoms with Gasteiger partial charge in [-0.05, 0) is 49.9 Å². The zero-order valence-electron chi connectivity index (χ0n) is 16.0. The fraction of sp³-hybridized carbons (Fsp3) is 0.308. The second-order valence-electron chi connectivity index (χ2n) is 6.40. The van der Waals surface area contributed by atoms with E-state index in [-0.39, 0.29) is 0 Å². The summed E-state index contributed by atoms with van der Waals surface area (Å²) in [5.74, 6) is 13.6. The van der Waals surface area contributed by atoms with E-state index in [4.69, 9.17) is 0 Å². The van der Waals surface area contributed by atoms with Crippen LogP contribution in [0.2, 0.25) is 0 Å². The molecular weight excluding hydrogens is 312 g/mol. The van der Waals surface area contributed by atoms with E-state index in [1.54, 1.807) is 0 Å². The minimum Gasteiger partial charge on any atom is -0.0654 e. The molecule has 0 aliphatic rings. The van der Waals surface area contributed by atoms with Gasteiger partial charge in [-0.3, -0.25) is 0 Å². The second kappa shape index (κ2) is 11.8. The van der Waals surface area contributed by atoms with Crippen LogP contribution in [0.25, 0.3) is 0 Å². The highest BCUT2D eigenvalue weighted by molar-refractivity contribution is 5.49. The summed E-state index contributed by atoms with van der Waals surface area (Å²) in [4.78, 5) is 0. The number of allylic oxidation sites excluding steroid dienone is 2. The van der Waals surface area contributed by atoms with E-state index in [9.17, 15) is 0 Å². The van der Waals surface area contributed by atoms with Crippen molar-refractivity contribution in [2.24, 2.45) is 0 Å². The Morgan fingerprint density at radius 1 is 0.615 bits per heavy atom. The average Bonchev–Trinajstić information content (AvgIpc) is 2.70. The lowest BCUT2D eigenvalue weighted by atomic mass is 9.98. The molecule has 0 fully saturated rings. The predicted molar refractivity (Wildman–Crippen MR) is 113 cm³/mol. The quantitative estimate of drug-likeness (QED) is 0.509. The van der Waals surface area contributed by atoms with Crippen LogP contribution in [0.3, 0.4) is 0 Å². The van der Waals surface area contributed by atoms with Gasteiger partial charge >= 0.3 is 0 Å². The highest BCUT2D eigenvalue weighted by Crippen LogP contribution is 2.18. The van der Waals surface area contributed by atoms with Gasteiger partial charge in [0.15, 0.2) is 0 Å².